The van der Waals surface area contributed by atoms with E-state index in [-0.39, 0.29) is 18.3 Å². The molecule has 2 aromatic carbocycles. The van der Waals surface area contributed by atoms with E-state index >= 15 is 0 Å². The van der Waals surface area contributed by atoms with Gasteiger partial charge in [-0.3, -0.25) is 0 Å². The summed E-state index contributed by atoms with van der Waals surface area (Å²) in [5, 5.41) is 10.1. The normalized spacial score (nSPS) is 10.8. The van der Waals surface area contributed by atoms with Crippen molar-refractivity contribution in [2.45, 2.75) is 33.5 Å². The molecule has 0 spiro atoms. The van der Waals surface area contributed by atoms with Crippen LogP contribution in [-0.4, -0.2) is 22.4 Å². The highest BCUT2D eigenvalue weighted by Crippen LogP contribution is 2.18. The fraction of sp³-hybridized carbons (Fsp3) is 0.238. The second-order valence-electron chi connectivity index (χ2n) is 6.46. The Morgan fingerprint density at radius 1 is 1.07 bits per heavy atom. The van der Waals surface area contributed by atoms with Crippen LogP contribution in [-0.2, 0) is 13.1 Å². The monoisotopic (exact) mass is 400 g/mol. The summed E-state index contributed by atoms with van der Waals surface area (Å²) in [5.41, 5.74) is 4.34. The van der Waals surface area contributed by atoms with E-state index in [0.29, 0.717) is 12.1 Å². The molecule has 0 atom stereocenters. The zero-order valence-corrected chi connectivity index (χ0v) is 16.2. The minimum atomic E-state index is -2.88. The lowest BCUT2D eigenvalue weighted by atomic mass is 10.2. The van der Waals surface area contributed by atoms with Gasteiger partial charge >= 0.3 is 12.6 Å². The number of carbonyl (C=O) groups excluding carboxylic acids is 1. The van der Waals surface area contributed by atoms with Gasteiger partial charge in [0.2, 0.25) is 0 Å². The Morgan fingerprint density at radius 2 is 1.79 bits per heavy atom. The molecule has 0 saturated carbocycles. The molecule has 6 nitrogen and oxygen atoms in total. The predicted molar refractivity (Wildman–Crippen MR) is 105 cm³/mol. The largest absolute Gasteiger partial charge is 0.435 e. The number of ether oxygens (including phenoxy) is 1. The fourth-order valence-electron chi connectivity index (χ4n) is 3.00. The number of rotatable bonds is 7. The Balaban J connectivity index is 1.57. The second kappa shape index (κ2) is 9.18. The summed E-state index contributed by atoms with van der Waals surface area (Å²) in [7, 11) is 0. The number of benzene rings is 2. The minimum Gasteiger partial charge on any atom is -0.435 e. The van der Waals surface area contributed by atoms with Crippen molar-refractivity contribution >= 4 is 6.03 Å². The Kier molecular flexibility index (Phi) is 6.43. The van der Waals surface area contributed by atoms with Crippen LogP contribution in [0, 0.1) is 13.8 Å². The molecule has 0 aliphatic carbocycles. The molecular formula is C21H22F2N4O2. The lowest BCUT2D eigenvalue weighted by Gasteiger charge is -2.10. The first kappa shape index (κ1) is 20.3. The third-order valence-corrected chi connectivity index (χ3v) is 4.44. The van der Waals surface area contributed by atoms with Gasteiger partial charge in [-0.15, -0.1) is 0 Å². The van der Waals surface area contributed by atoms with Crippen LogP contribution in [0.4, 0.5) is 13.6 Å². The van der Waals surface area contributed by atoms with E-state index < -0.39 is 6.61 Å². The van der Waals surface area contributed by atoms with E-state index in [1.54, 1.807) is 12.1 Å². The first-order valence-corrected chi connectivity index (χ1v) is 9.10. The van der Waals surface area contributed by atoms with Gasteiger partial charge in [-0.05, 0) is 43.7 Å². The summed E-state index contributed by atoms with van der Waals surface area (Å²) in [5.74, 6) is 0.0549. The van der Waals surface area contributed by atoms with Crippen LogP contribution in [0.2, 0.25) is 0 Å². The van der Waals surface area contributed by atoms with Gasteiger partial charge in [0.1, 0.15) is 5.75 Å². The molecule has 3 aromatic rings. The molecule has 8 heteroatoms. The third-order valence-electron chi connectivity index (χ3n) is 4.44. The van der Waals surface area contributed by atoms with Gasteiger partial charge in [0.05, 0.1) is 11.4 Å². The molecule has 152 valence electrons. The summed E-state index contributed by atoms with van der Waals surface area (Å²) >= 11 is 0. The highest BCUT2D eigenvalue weighted by molar-refractivity contribution is 5.73. The van der Waals surface area contributed by atoms with E-state index in [0.717, 1.165) is 22.6 Å². The van der Waals surface area contributed by atoms with Crippen LogP contribution in [0.3, 0.4) is 0 Å². The maximum absolute atomic E-state index is 12.3. The molecule has 3 rings (SSSR count). The number of carbonyl (C=O) groups is 1. The van der Waals surface area contributed by atoms with Crippen molar-refractivity contribution < 1.29 is 18.3 Å². The summed E-state index contributed by atoms with van der Waals surface area (Å²) in [4.78, 5) is 12.2. The third kappa shape index (κ3) is 5.31. The maximum Gasteiger partial charge on any atom is 0.387 e. The standard InChI is InChI=1S/C21H22F2N4O2/c1-14-19(15(2)27(26-14)17-8-4-3-5-9-17)13-25-21(28)24-12-16-7-6-10-18(11-16)29-20(22)23/h3-11,20H,12-13H2,1-2H3,(H2,24,25,28). The minimum absolute atomic E-state index is 0.0549. The number of nitrogens with one attached hydrogen (secondary N) is 2. The molecule has 2 amide bonds. The average molecular weight is 400 g/mol. The first-order valence-electron chi connectivity index (χ1n) is 9.10. The van der Waals surface area contributed by atoms with Gasteiger partial charge in [0.25, 0.3) is 0 Å². The number of alkyl halides is 2. The maximum atomic E-state index is 12.3. The number of amides is 2. The van der Waals surface area contributed by atoms with E-state index in [1.165, 1.54) is 12.1 Å². The van der Waals surface area contributed by atoms with Crippen LogP contribution in [0.5, 0.6) is 5.75 Å². The molecular weight excluding hydrogens is 378 g/mol. The molecule has 0 aliphatic heterocycles. The molecule has 2 N–H and O–H groups in total. The van der Waals surface area contributed by atoms with E-state index in [9.17, 15) is 13.6 Å². The second-order valence-corrected chi connectivity index (χ2v) is 6.46. The Morgan fingerprint density at radius 3 is 2.52 bits per heavy atom. The first-order chi connectivity index (χ1) is 13.9. The Bertz CT molecular complexity index is 974. The molecule has 1 heterocycles. The van der Waals surface area contributed by atoms with E-state index in [2.05, 4.69) is 20.5 Å². The summed E-state index contributed by atoms with van der Waals surface area (Å²) in [6.45, 7) is 1.48. The van der Waals surface area contributed by atoms with Gasteiger partial charge in [0.15, 0.2) is 0 Å². The molecule has 0 saturated heterocycles. The topological polar surface area (TPSA) is 68.2 Å². The summed E-state index contributed by atoms with van der Waals surface area (Å²) in [6.07, 6.45) is 0. The molecule has 0 unspecified atom stereocenters. The fourth-order valence-corrected chi connectivity index (χ4v) is 3.00. The zero-order valence-electron chi connectivity index (χ0n) is 16.2. The number of nitrogens with zero attached hydrogens (tertiary/aromatic N) is 2. The predicted octanol–water partition coefficient (Wildman–Crippen LogP) is 4.09. The van der Waals surface area contributed by atoms with Crippen LogP contribution >= 0.6 is 0 Å². The van der Waals surface area contributed by atoms with Crippen molar-refractivity contribution in [2.75, 3.05) is 0 Å². The SMILES string of the molecule is Cc1nn(-c2ccccc2)c(C)c1CNC(=O)NCc1cccc(OC(F)F)c1. The Hall–Kier alpha value is -3.42. The van der Waals surface area contributed by atoms with E-state index in [1.807, 2.05) is 48.9 Å². The number of urea groups is 1. The van der Waals surface area contributed by atoms with Crippen LogP contribution in [0.1, 0.15) is 22.5 Å². The van der Waals surface area contributed by atoms with Crippen molar-refractivity contribution in [1.82, 2.24) is 20.4 Å². The number of hydrogen-bond donors (Lipinski definition) is 2. The van der Waals surface area contributed by atoms with Gasteiger partial charge in [-0.1, -0.05) is 30.3 Å². The molecule has 0 aliphatic rings. The Labute approximate surface area is 167 Å². The van der Waals surface area contributed by atoms with E-state index in [4.69, 9.17) is 0 Å². The molecule has 0 fully saturated rings. The van der Waals surface area contributed by atoms with Gasteiger partial charge in [-0.2, -0.15) is 13.9 Å². The highest BCUT2D eigenvalue weighted by atomic mass is 19.3. The molecule has 0 bridgehead atoms. The van der Waals surface area contributed by atoms with Crippen molar-refractivity contribution in [2.24, 2.45) is 0 Å². The van der Waals surface area contributed by atoms with Crippen molar-refractivity contribution in [1.29, 1.82) is 0 Å². The van der Waals surface area contributed by atoms with Crippen molar-refractivity contribution in [3.8, 4) is 11.4 Å². The molecule has 0 radical (unpaired) electrons. The quantitative estimate of drug-likeness (QED) is 0.628. The van der Waals surface area contributed by atoms with Crippen molar-refractivity contribution in [3.05, 3.63) is 77.1 Å². The number of halogens is 2. The smallest absolute Gasteiger partial charge is 0.387 e. The molecule has 29 heavy (non-hydrogen) atoms. The lowest BCUT2D eigenvalue weighted by Crippen LogP contribution is -2.34. The van der Waals surface area contributed by atoms with Crippen LogP contribution < -0.4 is 15.4 Å². The van der Waals surface area contributed by atoms with Gasteiger partial charge in [-0.25, -0.2) is 9.48 Å². The van der Waals surface area contributed by atoms with Crippen LogP contribution in [0.15, 0.2) is 54.6 Å². The number of hydrogen-bond acceptors (Lipinski definition) is 3. The number of para-hydroxylation sites is 1. The van der Waals surface area contributed by atoms with Gasteiger partial charge in [0, 0.05) is 24.3 Å². The molecule has 1 aromatic heterocycles. The summed E-state index contributed by atoms with van der Waals surface area (Å²) in [6, 6.07) is 15.6. The van der Waals surface area contributed by atoms with Gasteiger partial charge < -0.3 is 15.4 Å². The number of aryl methyl sites for hydroxylation is 1. The lowest BCUT2D eigenvalue weighted by molar-refractivity contribution is -0.0498. The van der Waals surface area contributed by atoms with Crippen LogP contribution in [0.25, 0.3) is 5.69 Å². The zero-order chi connectivity index (χ0) is 20.8. The number of aromatic nitrogens is 2. The summed E-state index contributed by atoms with van der Waals surface area (Å²) < 4.78 is 30.8. The van der Waals surface area contributed by atoms with Crippen molar-refractivity contribution in [3.63, 3.8) is 0 Å². The average Bonchev–Trinajstić information content (AvgIpc) is 2.99. The highest BCUT2D eigenvalue weighted by Gasteiger charge is 2.13.